The number of nitrogen functional groups attached to an aromatic ring is 1. The lowest BCUT2D eigenvalue weighted by Crippen LogP contribution is -2.27. The molecule has 2 aromatic rings. The fourth-order valence-electron chi connectivity index (χ4n) is 1.57. The van der Waals surface area contributed by atoms with Crippen LogP contribution in [0.15, 0.2) is 36.9 Å². The van der Waals surface area contributed by atoms with Gasteiger partial charge in [-0.2, -0.15) is 0 Å². The van der Waals surface area contributed by atoms with E-state index in [4.69, 9.17) is 5.84 Å². The normalized spacial score (nSPS) is 10.0. The molecule has 0 aliphatic rings. The zero-order valence-corrected chi connectivity index (χ0v) is 10.4. The molecular weight excluding hydrogens is 244 g/mol. The van der Waals surface area contributed by atoms with E-state index in [1.165, 1.54) is 12.4 Å². The first-order valence-electron chi connectivity index (χ1n) is 5.63. The molecule has 3 N–H and O–H groups in total. The van der Waals surface area contributed by atoms with Gasteiger partial charge in [-0.15, -0.1) is 0 Å². The highest BCUT2D eigenvalue weighted by Gasteiger charge is 2.14. The average molecular weight is 258 g/mol. The molecule has 0 radical (unpaired) electrons. The van der Waals surface area contributed by atoms with Gasteiger partial charge in [0.05, 0.1) is 12.4 Å². The molecule has 0 aliphatic heterocycles. The van der Waals surface area contributed by atoms with E-state index < -0.39 is 0 Å². The highest BCUT2D eigenvalue weighted by Crippen LogP contribution is 2.07. The van der Waals surface area contributed by atoms with Gasteiger partial charge in [-0.1, -0.05) is 0 Å². The molecule has 19 heavy (non-hydrogen) atoms. The van der Waals surface area contributed by atoms with Gasteiger partial charge in [-0.3, -0.25) is 14.8 Å². The van der Waals surface area contributed by atoms with Crippen molar-refractivity contribution in [1.82, 2.24) is 19.9 Å². The summed E-state index contributed by atoms with van der Waals surface area (Å²) in [5, 5.41) is 0. The van der Waals surface area contributed by atoms with Crippen LogP contribution in [0.5, 0.6) is 0 Å². The van der Waals surface area contributed by atoms with E-state index in [-0.39, 0.29) is 11.6 Å². The van der Waals surface area contributed by atoms with Crippen molar-refractivity contribution in [1.29, 1.82) is 0 Å². The molecule has 0 saturated heterocycles. The largest absolute Gasteiger partial charge is 0.336 e. The van der Waals surface area contributed by atoms with Gasteiger partial charge in [0.1, 0.15) is 5.69 Å². The fraction of sp³-hybridized carbons (Fsp3) is 0.167. The number of hydrogen-bond donors (Lipinski definition) is 2. The quantitative estimate of drug-likeness (QED) is 0.609. The summed E-state index contributed by atoms with van der Waals surface area (Å²) in [5.41, 5.74) is 3.59. The topological polar surface area (TPSA) is 97.0 Å². The molecule has 2 aromatic heterocycles. The molecular formula is C12H14N6O. The molecule has 0 saturated carbocycles. The van der Waals surface area contributed by atoms with Crippen LogP contribution in [0.2, 0.25) is 0 Å². The molecule has 2 rings (SSSR count). The summed E-state index contributed by atoms with van der Waals surface area (Å²) in [6.07, 6.45) is 6.23. The second-order valence-electron chi connectivity index (χ2n) is 3.95. The second-order valence-corrected chi connectivity index (χ2v) is 3.95. The number of nitrogens with zero attached hydrogens (tertiary/aromatic N) is 4. The van der Waals surface area contributed by atoms with E-state index in [2.05, 4.69) is 20.4 Å². The molecule has 0 atom stereocenters. The molecule has 2 heterocycles. The van der Waals surface area contributed by atoms with Gasteiger partial charge >= 0.3 is 0 Å². The van der Waals surface area contributed by atoms with Crippen molar-refractivity contribution < 1.29 is 4.79 Å². The number of amides is 1. The molecule has 0 spiro atoms. The second kappa shape index (κ2) is 5.87. The van der Waals surface area contributed by atoms with Crippen LogP contribution < -0.4 is 11.3 Å². The van der Waals surface area contributed by atoms with E-state index in [0.717, 1.165) is 5.56 Å². The Kier molecular flexibility index (Phi) is 3.99. The van der Waals surface area contributed by atoms with Crippen molar-refractivity contribution >= 4 is 11.7 Å². The van der Waals surface area contributed by atoms with E-state index in [1.807, 2.05) is 12.1 Å². The fourth-order valence-corrected chi connectivity index (χ4v) is 1.57. The number of hydrazine groups is 1. The predicted octanol–water partition coefficient (Wildman–Crippen LogP) is 0.429. The van der Waals surface area contributed by atoms with Crippen LogP contribution in [0.1, 0.15) is 16.1 Å². The minimum atomic E-state index is -0.221. The Morgan fingerprint density at radius 2 is 2.05 bits per heavy atom. The van der Waals surface area contributed by atoms with Gasteiger partial charge in [0.15, 0.2) is 5.82 Å². The van der Waals surface area contributed by atoms with Crippen LogP contribution in [0.4, 0.5) is 5.82 Å². The van der Waals surface area contributed by atoms with E-state index in [0.29, 0.717) is 12.4 Å². The summed E-state index contributed by atoms with van der Waals surface area (Å²) in [5.74, 6) is 5.36. The third-order valence-electron chi connectivity index (χ3n) is 2.52. The molecule has 0 aliphatic carbocycles. The van der Waals surface area contributed by atoms with Gasteiger partial charge in [-0.05, 0) is 17.7 Å². The molecule has 0 fully saturated rings. The maximum absolute atomic E-state index is 12.2. The number of nitrogens with two attached hydrogens (primary N) is 1. The zero-order chi connectivity index (χ0) is 13.7. The molecule has 7 nitrogen and oxygen atoms in total. The van der Waals surface area contributed by atoms with Crippen LogP contribution in [0.25, 0.3) is 0 Å². The number of pyridine rings is 1. The molecule has 0 aromatic carbocycles. The number of nitrogens with one attached hydrogen (secondary N) is 1. The summed E-state index contributed by atoms with van der Waals surface area (Å²) < 4.78 is 0. The van der Waals surface area contributed by atoms with E-state index in [9.17, 15) is 4.79 Å². The number of aromatic nitrogens is 3. The number of hydrogen-bond acceptors (Lipinski definition) is 6. The number of rotatable bonds is 4. The summed E-state index contributed by atoms with van der Waals surface area (Å²) in [4.78, 5) is 25.6. The smallest absolute Gasteiger partial charge is 0.274 e. The van der Waals surface area contributed by atoms with Crippen molar-refractivity contribution in [2.45, 2.75) is 6.54 Å². The molecule has 0 unspecified atom stereocenters. The van der Waals surface area contributed by atoms with Crippen LogP contribution >= 0.6 is 0 Å². The van der Waals surface area contributed by atoms with Gasteiger partial charge in [0.2, 0.25) is 0 Å². The van der Waals surface area contributed by atoms with Crippen molar-refractivity contribution in [3.05, 3.63) is 48.2 Å². The van der Waals surface area contributed by atoms with Gasteiger partial charge in [0.25, 0.3) is 5.91 Å². The first-order valence-corrected chi connectivity index (χ1v) is 5.63. The van der Waals surface area contributed by atoms with E-state index >= 15 is 0 Å². The lowest BCUT2D eigenvalue weighted by molar-refractivity contribution is 0.0779. The first kappa shape index (κ1) is 12.9. The predicted molar refractivity (Wildman–Crippen MR) is 69.9 cm³/mol. The highest BCUT2D eigenvalue weighted by atomic mass is 16.2. The standard InChI is InChI=1S/C12H14N6O/c1-18(8-9-2-4-14-5-3-9)12(19)10-6-15-7-11(16-10)17-13/h2-7H,8,13H2,1H3,(H,16,17). The summed E-state index contributed by atoms with van der Waals surface area (Å²) >= 11 is 0. The van der Waals surface area contributed by atoms with Gasteiger partial charge < -0.3 is 10.3 Å². The number of carbonyl (C=O) groups is 1. The SMILES string of the molecule is CN(Cc1ccncc1)C(=O)c1cncc(NN)n1. The maximum Gasteiger partial charge on any atom is 0.274 e. The Balaban J connectivity index is 2.10. The van der Waals surface area contributed by atoms with Crippen LogP contribution in [-0.4, -0.2) is 32.8 Å². The van der Waals surface area contributed by atoms with Crippen LogP contribution in [0, 0.1) is 0 Å². The highest BCUT2D eigenvalue weighted by molar-refractivity contribution is 5.92. The number of anilines is 1. The van der Waals surface area contributed by atoms with Crippen molar-refractivity contribution in [2.24, 2.45) is 5.84 Å². The lowest BCUT2D eigenvalue weighted by atomic mass is 10.2. The third kappa shape index (κ3) is 3.23. The monoisotopic (exact) mass is 258 g/mol. The summed E-state index contributed by atoms with van der Waals surface area (Å²) in [7, 11) is 1.70. The molecule has 0 bridgehead atoms. The third-order valence-corrected chi connectivity index (χ3v) is 2.52. The Hall–Kier alpha value is -2.54. The molecule has 98 valence electrons. The minimum absolute atomic E-state index is 0.221. The van der Waals surface area contributed by atoms with Crippen LogP contribution in [-0.2, 0) is 6.54 Å². The maximum atomic E-state index is 12.2. The zero-order valence-electron chi connectivity index (χ0n) is 10.4. The number of carbonyl (C=O) groups excluding carboxylic acids is 1. The van der Waals surface area contributed by atoms with Crippen molar-refractivity contribution in [2.75, 3.05) is 12.5 Å². The average Bonchev–Trinajstić information content (AvgIpc) is 2.47. The Morgan fingerprint density at radius 1 is 1.32 bits per heavy atom. The minimum Gasteiger partial charge on any atom is -0.336 e. The lowest BCUT2D eigenvalue weighted by Gasteiger charge is -2.16. The Morgan fingerprint density at radius 3 is 2.74 bits per heavy atom. The van der Waals surface area contributed by atoms with Gasteiger partial charge in [-0.25, -0.2) is 10.8 Å². The van der Waals surface area contributed by atoms with E-state index in [1.54, 1.807) is 24.3 Å². The van der Waals surface area contributed by atoms with Crippen molar-refractivity contribution in [3.8, 4) is 0 Å². The molecule has 1 amide bonds. The first-order chi connectivity index (χ1) is 9.20. The van der Waals surface area contributed by atoms with Gasteiger partial charge in [0, 0.05) is 26.0 Å². The molecule has 7 heteroatoms. The summed E-state index contributed by atoms with van der Waals surface area (Å²) in [6.45, 7) is 0.476. The van der Waals surface area contributed by atoms with Crippen LogP contribution in [0.3, 0.4) is 0 Å². The van der Waals surface area contributed by atoms with Crippen molar-refractivity contribution in [3.63, 3.8) is 0 Å². The Bertz CT molecular complexity index is 559. The summed E-state index contributed by atoms with van der Waals surface area (Å²) in [6, 6.07) is 3.71. The Labute approximate surface area is 110 Å².